The predicted molar refractivity (Wildman–Crippen MR) is 103 cm³/mol. The summed E-state index contributed by atoms with van der Waals surface area (Å²) in [6, 6.07) is 12.6. The summed E-state index contributed by atoms with van der Waals surface area (Å²) in [5.74, 6) is 0.242. The van der Waals surface area contributed by atoms with E-state index in [2.05, 4.69) is 22.9 Å². The fourth-order valence-electron chi connectivity index (χ4n) is 3.10. The zero-order valence-electron chi connectivity index (χ0n) is 13.4. The van der Waals surface area contributed by atoms with Crippen molar-refractivity contribution in [1.29, 1.82) is 0 Å². The molecule has 0 saturated heterocycles. The van der Waals surface area contributed by atoms with E-state index in [4.69, 9.17) is 0 Å². The van der Waals surface area contributed by atoms with Crippen molar-refractivity contribution in [3.8, 4) is 0 Å². The summed E-state index contributed by atoms with van der Waals surface area (Å²) in [7, 11) is 0. The molecule has 0 fully saturated rings. The predicted octanol–water partition coefficient (Wildman–Crippen LogP) is 5.22. The van der Waals surface area contributed by atoms with Crippen molar-refractivity contribution < 1.29 is 9.18 Å². The normalized spacial score (nSPS) is 16.7. The third-order valence-electron chi connectivity index (χ3n) is 4.27. The van der Waals surface area contributed by atoms with E-state index in [0.29, 0.717) is 5.75 Å². The topological polar surface area (TPSA) is 20.3 Å². The van der Waals surface area contributed by atoms with Gasteiger partial charge in [-0.25, -0.2) is 4.39 Å². The zero-order valence-corrected chi connectivity index (χ0v) is 15.8. The second-order valence-electron chi connectivity index (χ2n) is 5.80. The summed E-state index contributed by atoms with van der Waals surface area (Å²) in [6.45, 7) is 0.749. The highest BCUT2D eigenvalue weighted by Crippen LogP contribution is 2.39. The molecule has 3 aromatic rings. The highest BCUT2D eigenvalue weighted by Gasteiger charge is 2.33. The van der Waals surface area contributed by atoms with Crippen LogP contribution in [0.2, 0.25) is 0 Å². The third-order valence-corrected chi connectivity index (χ3v) is 7.19. The monoisotopic (exact) mass is 389 g/mol. The van der Waals surface area contributed by atoms with E-state index < -0.39 is 0 Å². The lowest BCUT2D eigenvalue weighted by Gasteiger charge is -2.35. The molecule has 1 aliphatic heterocycles. The van der Waals surface area contributed by atoms with Crippen molar-refractivity contribution in [2.45, 2.75) is 17.4 Å². The van der Waals surface area contributed by atoms with Crippen LogP contribution in [0.5, 0.6) is 0 Å². The lowest BCUT2D eigenvalue weighted by Crippen LogP contribution is -2.40. The Balaban J connectivity index is 1.53. The molecule has 0 radical (unpaired) electrons. The first-order valence-electron chi connectivity index (χ1n) is 8.00. The Labute approximate surface area is 158 Å². The first kappa shape index (κ1) is 16.8. The average Bonchev–Trinajstić information content (AvgIpc) is 3.31. The number of hydrogen-bond donors (Lipinski definition) is 0. The van der Waals surface area contributed by atoms with Crippen LogP contribution < -0.4 is 0 Å². The number of thioether (sulfide) groups is 1. The maximum absolute atomic E-state index is 13.0. The number of nitrogens with zero attached hydrogens (tertiary/aromatic N) is 1. The van der Waals surface area contributed by atoms with Gasteiger partial charge in [-0.15, -0.1) is 34.4 Å². The van der Waals surface area contributed by atoms with Crippen molar-refractivity contribution in [2.24, 2.45) is 0 Å². The minimum absolute atomic E-state index is 0.0244. The van der Waals surface area contributed by atoms with Gasteiger partial charge in [0.1, 0.15) is 5.82 Å². The van der Waals surface area contributed by atoms with E-state index in [0.717, 1.165) is 17.9 Å². The van der Waals surface area contributed by atoms with E-state index >= 15 is 0 Å². The van der Waals surface area contributed by atoms with Crippen LogP contribution in [-0.4, -0.2) is 23.1 Å². The van der Waals surface area contributed by atoms with Gasteiger partial charge in [-0.1, -0.05) is 6.07 Å². The van der Waals surface area contributed by atoms with Crippen molar-refractivity contribution in [3.63, 3.8) is 0 Å². The molecule has 0 saturated carbocycles. The molecular formula is C19H16FNOS3. The number of halogens is 1. The van der Waals surface area contributed by atoms with Gasteiger partial charge in [0.15, 0.2) is 0 Å². The summed E-state index contributed by atoms with van der Waals surface area (Å²) in [6.07, 6.45) is 0.918. The number of rotatable bonds is 4. The van der Waals surface area contributed by atoms with Gasteiger partial charge >= 0.3 is 0 Å². The summed E-state index contributed by atoms with van der Waals surface area (Å²) in [4.78, 5) is 18.4. The molecule has 6 heteroatoms. The number of carbonyl (C=O) groups is 1. The number of benzene rings is 1. The maximum Gasteiger partial charge on any atom is 0.233 e. The second-order valence-corrected chi connectivity index (χ2v) is 8.83. The van der Waals surface area contributed by atoms with E-state index in [9.17, 15) is 9.18 Å². The fourth-order valence-corrected chi connectivity index (χ4v) is 5.64. The molecule has 0 bridgehead atoms. The van der Waals surface area contributed by atoms with Crippen LogP contribution in [0.1, 0.15) is 21.4 Å². The number of amides is 1. The van der Waals surface area contributed by atoms with Crippen molar-refractivity contribution in [2.75, 3.05) is 12.3 Å². The van der Waals surface area contributed by atoms with Crippen LogP contribution in [0.25, 0.3) is 0 Å². The van der Waals surface area contributed by atoms with Crippen LogP contribution in [-0.2, 0) is 11.2 Å². The van der Waals surface area contributed by atoms with Gasteiger partial charge in [0.05, 0.1) is 11.8 Å². The molecule has 2 aromatic heterocycles. The molecule has 1 atom stereocenters. The summed E-state index contributed by atoms with van der Waals surface area (Å²) in [5.41, 5.74) is 1.26. The molecule has 4 rings (SSSR count). The Bertz CT molecular complexity index is 857. The number of thiophene rings is 2. The molecule has 2 nitrogen and oxygen atoms in total. The number of carbonyl (C=O) groups excluding carboxylic acids is 1. The van der Waals surface area contributed by atoms with Crippen LogP contribution in [0.4, 0.5) is 4.39 Å². The molecule has 3 heterocycles. The van der Waals surface area contributed by atoms with Crippen molar-refractivity contribution in [1.82, 2.24) is 4.90 Å². The van der Waals surface area contributed by atoms with Gasteiger partial charge in [0.25, 0.3) is 0 Å². The molecule has 1 aliphatic rings. The summed E-state index contributed by atoms with van der Waals surface area (Å²) in [5, 5.41) is 4.18. The van der Waals surface area contributed by atoms with E-state index in [-0.39, 0.29) is 17.8 Å². The average molecular weight is 390 g/mol. The summed E-state index contributed by atoms with van der Waals surface area (Å²) >= 11 is 4.94. The minimum Gasteiger partial charge on any atom is -0.330 e. The fraction of sp³-hybridized carbons (Fsp3) is 0.211. The van der Waals surface area contributed by atoms with Gasteiger partial charge in [-0.3, -0.25) is 4.79 Å². The van der Waals surface area contributed by atoms with Crippen LogP contribution in [0.3, 0.4) is 0 Å². The molecule has 0 N–H and O–H groups in total. The van der Waals surface area contributed by atoms with Gasteiger partial charge in [0, 0.05) is 21.2 Å². The first-order chi connectivity index (χ1) is 12.2. The van der Waals surface area contributed by atoms with E-state index in [1.165, 1.54) is 39.2 Å². The highest BCUT2D eigenvalue weighted by molar-refractivity contribution is 8.00. The van der Waals surface area contributed by atoms with Crippen LogP contribution >= 0.6 is 34.4 Å². The van der Waals surface area contributed by atoms with Gasteiger partial charge in [-0.05, 0) is 59.1 Å². The maximum atomic E-state index is 13.0. The first-order valence-corrected chi connectivity index (χ1v) is 10.7. The molecule has 25 heavy (non-hydrogen) atoms. The van der Waals surface area contributed by atoms with Crippen molar-refractivity contribution in [3.05, 3.63) is 74.4 Å². The summed E-state index contributed by atoms with van der Waals surface area (Å²) < 4.78 is 13.0. The van der Waals surface area contributed by atoms with Crippen LogP contribution in [0, 0.1) is 5.82 Å². The molecule has 1 amide bonds. The lowest BCUT2D eigenvalue weighted by molar-refractivity contribution is -0.130. The van der Waals surface area contributed by atoms with E-state index in [1.807, 2.05) is 11.0 Å². The minimum atomic E-state index is -0.255. The Hall–Kier alpha value is -1.63. The van der Waals surface area contributed by atoms with E-state index in [1.54, 1.807) is 34.8 Å². The van der Waals surface area contributed by atoms with Crippen LogP contribution in [0.15, 0.2) is 58.1 Å². The smallest absolute Gasteiger partial charge is 0.233 e. The highest BCUT2D eigenvalue weighted by atomic mass is 32.2. The largest absolute Gasteiger partial charge is 0.330 e. The van der Waals surface area contributed by atoms with Gasteiger partial charge in [0.2, 0.25) is 5.91 Å². The number of hydrogen-bond acceptors (Lipinski definition) is 4. The molecular weight excluding hydrogens is 373 g/mol. The molecule has 0 unspecified atom stereocenters. The van der Waals surface area contributed by atoms with Gasteiger partial charge in [-0.2, -0.15) is 0 Å². The lowest BCUT2D eigenvalue weighted by atomic mass is 9.98. The Kier molecular flexibility index (Phi) is 4.92. The van der Waals surface area contributed by atoms with Crippen molar-refractivity contribution >= 4 is 40.3 Å². The quantitative estimate of drug-likeness (QED) is 0.571. The Morgan fingerprint density at radius 3 is 2.76 bits per heavy atom. The second kappa shape index (κ2) is 7.32. The molecule has 0 spiro atoms. The third kappa shape index (κ3) is 3.52. The molecule has 128 valence electrons. The molecule has 0 aliphatic carbocycles. The standard InChI is InChI=1S/C19H16FNOS3/c20-13-3-5-14(6-4-13)25-12-18(22)21-9-7-16-15(8-11-24-16)19(21)17-2-1-10-23-17/h1-6,8,10-11,19H,7,9,12H2/t19-/m0/s1. The Morgan fingerprint density at radius 2 is 2.00 bits per heavy atom. The Morgan fingerprint density at radius 1 is 1.16 bits per heavy atom. The zero-order chi connectivity index (χ0) is 17.2. The number of fused-ring (bicyclic) bond motifs is 1. The van der Waals surface area contributed by atoms with Gasteiger partial charge < -0.3 is 4.90 Å². The SMILES string of the molecule is O=C(CSc1ccc(F)cc1)N1CCc2sccc2[C@H]1c1cccs1. The molecule has 1 aromatic carbocycles.